The quantitative estimate of drug-likeness (QED) is 0.479. The predicted octanol–water partition coefficient (Wildman–Crippen LogP) is 1.98. The molecule has 0 saturated heterocycles. The summed E-state index contributed by atoms with van der Waals surface area (Å²) in [7, 11) is 0.445. The molecule has 6 heteroatoms. The molecule has 0 aromatic rings. The fraction of sp³-hybridized carbons (Fsp3) is 0.600. The van der Waals surface area contributed by atoms with Gasteiger partial charge in [0.25, 0.3) is 0 Å². The summed E-state index contributed by atoms with van der Waals surface area (Å²) in [5.41, 5.74) is 0. The SMILES string of the molecule is C=COC(F)(F)C(F)(F)OC. The van der Waals surface area contributed by atoms with Crippen molar-refractivity contribution in [2.75, 3.05) is 7.11 Å². The van der Waals surface area contributed by atoms with Crippen molar-refractivity contribution < 1.29 is 27.0 Å². The molecule has 2 nitrogen and oxygen atoms in total. The van der Waals surface area contributed by atoms with Crippen LogP contribution < -0.4 is 0 Å². The Labute approximate surface area is 60.4 Å². The number of halogens is 4. The standard InChI is InChI=1S/C5H6F4O2/c1-3-11-5(8,9)4(6,7)10-2/h3H,1H2,2H3. The van der Waals surface area contributed by atoms with E-state index in [1.807, 2.05) is 0 Å². The molecular formula is C5H6F4O2. The summed E-state index contributed by atoms with van der Waals surface area (Å²) in [6, 6.07) is 0. The number of rotatable bonds is 4. The van der Waals surface area contributed by atoms with Crippen molar-refractivity contribution in [2.45, 2.75) is 12.2 Å². The Morgan fingerprint density at radius 2 is 1.64 bits per heavy atom. The van der Waals surface area contributed by atoms with E-state index in [1.165, 1.54) is 0 Å². The van der Waals surface area contributed by atoms with E-state index in [2.05, 4.69) is 16.1 Å². The molecule has 0 heterocycles. The van der Waals surface area contributed by atoms with Gasteiger partial charge in [0.05, 0.1) is 6.26 Å². The van der Waals surface area contributed by atoms with Crippen molar-refractivity contribution in [1.29, 1.82) is 0 Å². The van der Waals surface area contributed by atoms with E-state index in [1.54, 1.807) is 0 Å². The third kappa shape index (κ3) is 2.07. The Balaban J connectivity index is 4.38. The first-order valence-electron chi connectivity index (χ1n) is 2.47. The Morgan fingerprint density at radius 1 is 1.18 bits per heavy atom. The molecule has 0 radical (unpaired) electrons. The smallest absolute Gasteiger partial charge is 0.435 e. The van der Waals surface area contributed by atoms with Crippen LogP contribution in [-0.2, 0) is 9.47 Å². The van der Waals surface area contributed by atoms with Gasteiger partial charge in [-0.2, -0.15) is 17.6 Å². The van der Waals surface area contributed by atoms with Crippen molar-refractivity contribution in [3.63, 3.8) is 0 Å². The maximum atomic E-state index is 12.0. The Bertz CT molecular complexity index is 145. The van der Waals surface area contributed by atoms with E-state index in [4.69, 9.17) is 0 Å². The first-order valence-corrected chi connectivity index (χ1v) is 2.47. The van der Waals surface area contributed by atoms with E-state index in [0.29, 0.717) is 7.11 Å². The molecule has 0 unspecified atom stereocenters. The summed E-state index contributed by atoms with van der Waals surface area (Å²) in [6.45, 7) is 2.70. The first-order chi connectivity index (χ1) is 4.87. The minimum Gasteiger partial charge on any atom is -0.435 e. The van der Waals surface area contributed by atoms with Crippen molar-refractivity contribution in [3.8, 4) is 0 Å². The fourth-order valence-electron chi connectivity index (χ4n) is 0.292. The normalized spacial score (nSPS) is 12.8. The second kappa shape index (κ2) is 3.08. The summed E-state index contributed by atoms with van der Waals surface area (Å²) >= 11 is 0. The molecule has 0 amide bonds. The topological polar surface area (TPSA) is 18.5 Å². The highest BCUT2D eigenvalue weighted by molar-refractivity contribution is 4.68. The van der Waals surface area contributed by atoms with Gasteiger partial charge in [-0.3, -0.25) is 0 Å². The highest BCUT2D eigenvalue weighted by atomic mass is 19.3. The van der Waals surface area contributed by atoms with Crippen molar-refractivity contribution in [3.05, 3.63) is 12.8 Å². The highest BCUT2D eigenvalue weighted by Gasteiger charge is 2.60. The van der Waals surface area contributed by atoms with Gasteiger partial charge in [-0.1, -0.05) is 6.58 Å². The Kier molecular flexibility index (Phi) is 2.86. The summed E-state index contributed by atoms with van der Waals surface area (Å²) < 4.78 is 54.5. The van der Waals surface area contributed by atoms with Crippen LogP contribution in [-0.4, -0.2) is 19.3 Å². The zero-order valence-electron chi connectivity index (χ0n) is 5.61. The average Bonchev–Trinajstić information content (AvgIpc) is 1.87. The highest BCUT2D eigenvalue weighted by Crippen LogP contribution is 2.35. The molecular weight excluding hydrogens is 168 g/mol. The fourth-order valence-corrected chi connectivity index (χ4v) is 0.292. The second-order valence-electron chi connectivity index (χ2n) is 1.52. The van der Waals surface area contributed by atoms with E-state index >= 15 is 0 Å². The lowest BCUT2D eigenvalue weighted by molar-refractivity contribution is -0.411. The number of hydrogen-bond donors (Lipinski definition) is 0. The first kappa shape index (κ1) is 10.2. The largest absolute Gasteiger partial charge is 0.493 e. The maximum Gasteiger partial charge on any atom is 0.493 e. The van der Waals surface area contributed by atoms with Gasteiger partial charge in [-0.05, 0) is 0 Å². The maximum absolute atomic E-state index is 12.0. The molecule has 0 aromatic heterocycles. The van der Waals surface area contributed by atoms with Crippen LogP contribution in [0.1, 0.15) is 0 Å². The number of hydrogen-bond acceptors (Lipinski definition) is 2. The van der Waals surface area contributed by atoms with Crippen LogP contribution in [0.3, 0.4) is 0 Å². The minimum atomic E-state index is -4.68. The van der Waals surface area contributed by atoms with E-state index < -0.39 is 12.2 Å². The molecule has 11 heavy (non-hydrogen) atoms. The lowest BCUT2D eigenvalue weighted by Gasteiger charge is -2.22. The van der Waals surface area contributed by atoms with Crippen LogP contribution in [0.15, 0.2) is 12.8 Å². The average molecular weight is 174 g/mol. The number of ether oxygens (including phenoxy) is 2. The van der Waals surface area contributed by atoms with Crippen LogP contribution in [0.2, 0.25) is 0 Å². The third-order valence-corrected chi connectivity index (χ3v) is 0.827. The van der Waals surface area contributed by atoms with Gasteiger partial charge in [0.1, 0.15) is 0 Å². The molecule has 0 N–H and O–H groups in total. The van der Waals surface area contributed by atoms with Crippen LogP contribution in [0.25, 0.3) is 0 Å². The van der Waals surface area contributed by atoms with Gasteiger partial charge in [0.15, 0.2) is 0 Å². The lowest BCUT2D eigenvalue weighted by atomic mass is 10.6. The summed E-state index contributed by atoms with van der Waals surface area (Å²) in [5, 5.41) is 0. The Morgan fingerprint density at radius 3 is 1.91 bits per heavy atom. The summed E-state index contributed by atoms with van der Waals surface area (Å²) in [6.07, 6.45) is -9.10. The predicted molar refractivity (Wildman–Crippen MR) is 28.2 cm³/mol. The molecule has 0 bridgehead atoms. The molecule has 66 valence electrons. The van der Waals surface area contributed by atoms with Gasteiger partial charge >= 0.3 is 12.2 Å². The molecule has 0 saturated carbocycles. The molecule has 0 atom stereocenters. The third-order valence-electron chi connectivity index (χ3n) is 0.827. The minimum absolute atomic E-state index is 0.215. The number of alkyl halides is 4. The van der Waals surface area contributed by atoms with Crippen molar-refractivity contribution >= 4 is 0 Å². The number of methoxy groups -OCH3 is 1. The molecule has 0 aliphatic heterocycles. The second-order valence-corrected chi connectivity index (χ2v) is 1.52. The van der Waals surface area contributed by atoms with Gasteiger partial charge in [0, 0.05) is 7.11 Å². The lowest BCUT2D eigenvalue weighted by Crippen LogP contribution is -2.43. The Hall–Kier alpha value is -0.780. The van der Waals surface area contributed by atoms with E-state index in [0.717, 1.165) is 0 Å². The van der Waals surface area contributed by atoms with Crippen LogP contribution in [0, 0.1) is 0 Å². The molecule has 0 aromatic carbocycles. The van der Waals surface area contributed by atoms with E-state index in [9.17, 15) is 17.6 Å². The zero-order valence-corrected chi connectivity index (χ0v) is 5.61. The van der Waals surface area contributed by atoms with Crippen LogP contribution >= 0.6 is 0 Å². The molecule has 0 aliphatic rings. The van der Waals surface area contributed by atoms with Crippen molar-refractivity contribution in [1.82, 2.24) is 0 Å². The molecule has 0 rings (SSSR count). The monoisotopic (exact) mass is 174 g/mol. The van der Waals surface area contributed by atoms with Gasteiger partial charge in [0.2, 0.25) is 0 Å². The summed E-state index contributed by atoms with van der Waals surface area (Å²) in [5.74, 6) is 0. The van der Waals surface area contributed by atoms with Gasteiger partial charge in [-0.15, -0.1) is 0 Å². The van der Waals surface area contributed by atoms with Crippen molar-refractivity contribution in [2.24, 2.45) is 0 Å². The van der Waals surface area contributed by atoms with Crippen LogP contribution in [0.4, 0.5) is 17.6 Å². The molecule has 0 fully saturated rings. The molecule has 0 aliphatic carbocycles. The molecule has 0 spiro atoms. The van der Waals surface area contributed by atoms with E-state index in [-0.39, 0.29) is 6.26 Å². The summed E-state index contributed by atoms with van der Waals surface area (Å²) in [4.78, 5) is 0. The zero-order chi connectivity index (χ0) is 9.12. The van der Waals surface area contributed by atoms with Gasteiger partial charge < -0.3 is 9.47 Å². The van der Waals surface area contributed by atoms with Gasteiger partial charge in [-0.25, -0.2) is 0 Å². The van der Waals surface area contributed by atoms with Crippen LogP contribution in [0.5, 0.6) is 0 Å².